The summed E-state index contributed by atoms with van der Waals surface area (Å²) in [6.07, 6.45) is 0.128. The molecule has 0 atom stereocenters. The molecular weight excluding hydrogens is 356 g/mol. The molecule has 25 heavy (non-hydrogen) atoms. The first-order valence-electron chi connectivity index (χ1n) is 7.63. The van der Waals surface area contributed by atoms with Crippen LogP contribution in [0.5, 0.6) is 0 Å². The van der Waals surface area contributed by atoms with Crippen LogP contribution in [0.25, 0.3) is 20.9 Å². The molecule has 1 amide bonds. The van der Waals surface area contributed by atoms with Crippen molar-refractivity contribution in [2.24, 2.45) is 0 Å². The quantitative estimate of drug-likeness (QED) is 0.582. The summed E-state index contributed by atoms with van der Waals surface area (Å²) >= 11 is 2.94. The van der Waals surface area contributed by atoms with Crippen LogP contribution in [-0.2, 0) is 11.2 Å². The minimum Gasteiger partial charge on any atom is -0.356 e. The maximum atomic E-state index is 12.3. The number of nitrogens with one attached hydrogen (secondary N) is 1. The van der Waals surface area contributed by atoms with Gasteiger partial charge in [0.15, 0.2) is 10.6 Å². The number of hydrogen-bond donors (Lipinski definition) is 1. The second-order valence-corrected chi connectivity index (χ2v) is 7.60. The van der Waals surface area contributed by atoms with Gasteiger partial charge in [0.2, 0.25) is 11.0 Å². The molecular formula is C17H14N4O2S2. The maximum absolute atomic E-state index is 12.3. The van der Waals surface area contributed by atoms with Crippen LogP contribution < -0.4 is 5.32 Å². The lowest BCUT2D eigenvalue weighted by Crippen LogP contribution is -2.14. The van der Waals surface area contributed by atoms with Crippen molar-refractivity contribution < 1.29 is 9.32 Å². The van der Waals surface area contributed by atoms with Gasteiger partial charge in [-0.25, -0.2) is 0 Å². The second kappa shape index (κ2) is 6.38. The second-order valence-electron chi connectivity index (χ2n) is 5.68. The van der Waals surface area contributed by atoms with Crippen LogP contribution in [0, 0.1) is 13.8 Å². The molecule has 3 aromatic heterocycles. The Kier molecular flexibility index (Phi) is 4.06. The van der Waals surface area contributed by atoms with Gasteiger partial charge in [-0.3, -0.25) is 4.79 Å². The van der Waals surface area contributed by atoms with E-state index in [-0.39, 0.29) is 12.3 Å². The lowest BCUT2D eigenvalue weighted by Gasteiger charge is -2.00. The van der Waals surface area contributed by atoms with Gasteiger partial charge in [-0.1, -0.05) is 22.6 Å². The zero-order valence-electron chi connectivity index (χ0n) is 13.6. The third-order valence-electron chi connectivity index (χ3n) is 3.89. The molecule has 3 heterocycles. The molecule has 0 saturated heterocycles. The number of aromatic nitrogens is 3. The van der Waals surface area contributed by atoms with E-state index in [9.17, 15) is 4.79 Å². The lowest BCUT2D eigenvalue weighted by molar-refractivity contribution is -0.115. The third kappa shape index (κ3) is 3.18. The fourth-order valence-corrected chi connectivity index (χ4v) is 4.01. The maximum Gasteiger partial charge on any atom is 0.232 e. The van der Waals surface area contributed by atoms with Gasteiger partial charge in [0.25, 0.3) is 0 Å². The zero-order chi connectivity index (χ0) is 17.4. The highest BCUT2D eigenvalue weighted by atomic mass is 32.1. The van der Waals surface area contributed by atoms with Gasteiger partial charge in [-0.2, -0.15) is 0 Å². The highest BCUT2D eigenvalue weighted by Gasteiger charge is 2.15. The molecule has 0 aliphatic rings. The lowest BCUT2D eigenvalue weighted by atomic mass is 10.1. The molecule has 0 aliphatic heterocycles. The average molecular weight is 370 g/mol. The van der Waals surface area contributed by atoms with Crippen LogP contribution in [-0.4, -0.2) is 21.3 Å². The SMILES string of the molecule is Cc1cc2onc(CC(=O)Nc3nnc(-c4cccs4)s3)c2cc1C. The van der Waals surface area contributed by atoms with Crippen LogP contribution in [0.3, 0.4) is 0 Å². The zero-order valence-corrected chi connectivity index (χ0v) is 15.2. The fourth-order valence-electron chi connectivity index (χ4n) is 2.46. The molecule has 1 N–H and O–H groups in total. The standard InChI is InChI=1S/C17H14N4O2S2/c1-9-6-11-12(21-23-13(11)7-10(9)2)8-15(22)18-17-20-19-16(25-17)14-4-3-5-24-14/h3-7H,8H2,1-2H3,(H,18,20,22). The predicted octanol–water partition coefficient (Wildman–Crippen LogP) is 4.21. The molecule has 8 heteroatoms. The minimum atomic E-state index is -0.192. The number of thiophene rings is 1. The van der Waals surface area contributed by atoms with E-state index < -0.39 is 0 Å². The van der Waals surface area contributed by atoms with E-state index in [0.29, 0.717) is 16.4 Å². The highest BCUT2D eigenvalue weighted by Crippen LogP contribution is 2.30. The molecule has 0 saturated carbocycles. The van der Waals surface area contributed by atoms with E-state index in [1.165, 1.54) is 11.3 Å². The summed E-state index contributed by atoms with van der Waals surface area (Å²) in [6, 6.07) is 7.88. The first-order chi connectivity index (χ1) is 12.1. The van der Waals surface area contributed by atoms with E-state index in [0.717, 1.165) is 26.4 Å². The van der Waals surface area contributed by atoms with E-state index in [2.05, 4.69) is 20.7 Å². The number of rotatable bonds is 4. The Morgan fingerprint density at radius 2 is 2.08 bits per heavy atom. The van der Waals surface area contributed by atoms with Gasteiger partial charge in [-0.15, -0.1) is 21.5 Å². The molecule has 0 aliphatic carbocycles. The van der Waals surface area contributed by atoms with Gasteiger partial charge in [-0.05, 0) is 48.6 Å². The number of hydrogen-bond acceptors (Lipinski definition) is 7. The van der Waals surface area contributed by atoms with Crippen LogP contribution in [0.1, 0.15) is 16.8 Å². The Bertz CT molecular complexity index is 1050. The Labute approximate surface area is 151 Å². The number of nitrogens with zero attached hydrogens (tertiary/aromatic N) is 3. The number of carbonyl (C=O) groups excluding carboxylic acids is 1. The summed E-state index contributed by atoms with van der Waals surface area (Å²) in [7, 11) is 0. The normalized spacial score (nSPS) is 11.1. The molecule has 0 radical (unpaired) electrons. The Morgan fingerprint density at radius 1 is 1.24 bits per heavy atom. The first kappa shape index (κ1) is 15.9. The Morgan fingerprint density at radius 3 is 2.88 bits per heavy atom. The molecule has 0 bridgehead atoms. The molecule has 4 rings (SSSR count). The van der Waals surface area contributed by atoms with Crippen LogP contribution >= 0.6 is 22.7 Å². The summed E-state index contributed by atoms with van der Waals surface area (Å²) in [5.41, 5.74) is 3.59. The first-order valence-corrected chi connectivity index (χ1v) is 9.32. The predicted molar refractivity (Wildman–Crippen MR) is 99.0 cm³/mol. The van der Waals surface area contributed by atoms with Gasteiger partial charge in [0.05, 0.1) is 11.3 Å². The number of amides is 1. The van der Waals surface area contributed by atoms with Crippen molar-refractivity contribution in [3.8, 4) is 9.88 Å². The van der Waals surface area contributed by atoms with Crippen molar-refractivity contribution in [3.05, 3.63) is 46.5 Å². The van der Waals surface area contributed by atoms with Gasteiger partial charge in [0, 0.05) is 5.39 Å². The fraction of sp³-hybridized carbons (Fsp3) is 0.176. The molecule has 1 aromatic carbocycles. The largest absolute Gasteiger partial charge is 0.356 e. The molecule has 0 spiro atoms. The van der Waals surface area contributed by atoms with Crippen molar-refractivity contribution in [2.45, 2.75) is 20.3 Å². The van der Waals surface area contributed by atoms with E-state index in [1.54, 1.807) is 11.3 Å². The minimum absolute atomic E-state index is 0.128. The van der Waals surface area contributed by atoms with Crippen LogP contribution in [0.15, 0.2) is 34.2 Å². The van der Waals surface area contributed by atoms with Crippen LogP contribution in [0.2, 0.25) is 0 Å². The number of carbonyl (C=O) groups is 1. The molecule has 0 unspecified atom stereocenters. The third-order valence-corrected chi connectivity index (χ3v) is 5.77. The monoisotopic (exact) mass is 370 g/mol. The topological polar surface area (TPSA) is 80.9 Å². The van der Waals surface area contributed by atoms with Crippen molar-refractivity contribution in [1.29, 1.82) is 0 Å². The molecule has 4 aromatic rings. The van der Waals surface area contributed by atoms with Gasteiger partial charge in [0.1, 0.15) is 5.69 Å². The van der Waals surface area contributed by atoms with Crippen molar-refractivity contribution in [1.82, 2.24) is 15.4 Å². The highest BCUT2D eigenvalue weighted by molar-refractivity contribution is 7.23. The summed E-state index contributed by atoms with van der Waals surface area (Å²) in [4.78, 5) is 13.4. The summed E-state index contributed by atoms with van der Waals surface area (Å²) in [5, 5.41) is 19.1. The number of aryl methyl sites for hydroxylation is 2. The molecule has 126 valence electrons. The summed E-state index contributed by atoms with van der Waals surface area (Å²) in [6.45, 7) is 4.04. The summed E-state index contributed by atoms with van der Waals surface area (Å²) in [5.74, 6) is -0.192. The number of anilines is 1. The van der Waals surface area contributed by atoms with E-state index >= 15 is 0 Å². The van der Waals surface area contributed by atoms with Gasteiger partial charge >= 0.3 is 0 Å². The number of fused-ring (bicyclic) bond motifs is 1. The van der Waals surface area contributed by atoms with E-state index in [1.807, 2.05) is 43.5 Å². The van der Waals surface area contributed by atoms with Crippen molar-refractivity contribution in [3.63, 3.8) is 0 Å². The average Bonchev–Trinajstić information content (AvgIpc) is 3.30. The molecule has 6 nitrogen and oxygen atoms in total. The Balaban J connectivity index is 1.50. The van der Waals surface area contributed by atoms with Crippen molar-refractivity contribution >= 4 is 44.7 Å². The van der Waals surface area contributed by atoms with Gasteiger partial charge < -0.3 is 9.84 Å². The van der Waals surface area contributed by atoms with Crippen molar-refractivity contribution in [2.75, 3.05) is 5.32 Å². The number of benzene rings is 1. The molecule has 0 fully saturated rings. The Hall–Kier alpha value is -2.58. The summed E-state index contributed by atoms with van der Waals surface area (Å²) < 4.78 is 5.34. The van der Waals surface area contributed by atoms with E-state index in [4.69, 9.17) is 4.52 Å². The smallest absolute Gasteiger partial charge is 0.232 e. The van der Waals surface area contributed by atoms with Crippen LogP contribution in [0.4, 0.5) is 5.13 Å².